The molecule has 0 fully saturated rings. The largest absolute Gasteiger partial charge is 0.397 e. The van der Waals surface area contributed by atoms with Crippen molar-refractivity contribution in [1.82, 2.24) is 4.98 Å². The van der Waals surface area contributed by atoms with Gasteiger partial charge in [0.2, 0.25) is 5.91 Å². The molecule has 0 aliphatic carbocycles. The van der Waals surface area contributed by atoms with Gasteiger partial charge in [-0.15, -0.1) is 11.3 Å². The van der Waals surface area contributed by atoms with E-state index in [2.05, 4.69) is 15.6 Å². The van der Waals surface area contributed by atoms with Gasteiger partial charge in [0.1, 0.15) is 5.01 Å². The minimum absolute atomic E-state index is 0.0134. The number of benzene rings is 1. The van der Waals surface area contributed by atoms with E-state index in [1.54, 1.807) is 17.5 Å². The van der Waals surface area contributed by atoms with Crippen LogP contribution in [0.25, 0.3) is 0 Å². The van der Waals surface area contributed by atoms with Gasteiger partial charge < -0.3 is 16.4 Å². The average Bonchev–Trinajstić information content (AvgIpc) is 2.97. The number of fused-ring (bicyclic) bond motifs is 1. The van der Waals surface area contributed by atoms with Gasteiger partial charge in [-0.25, -0.2) is 4.98 Å². The molecule has 4 N–H and O–H groups in total. The lowest BCUT2D eigenvalue weighted by Gasteiger charge is -2.16. The maximum atomic E-state index is 11.4. The van der Waals surface area contributed by atoms with Crippen molar-refractivity contribution < 1.29 is 4.79 Å². The molecule has 19 heavy (non-hydrogen) atoms. The summed E-state index contributed by atoms with van der Waals surface area (Å²) in [5.74, 6) is 0.0134. The molecule has 2 aromatic rings. The molecule has 1 amide bonds. The molecule has 0 spiro atoms. The summed E-state index contributed by atoms with van der Waals surface area (Å²) in [6.07, 6.45) is 2.19. The van der Waals surface area contributed by atoms with Crippen molar-refractivity contribution in [3.8, 4) is 0 Å². The van der Waals surface area contributed by atoms with Crippen LogP contribution in [0.3, 0.4) is 0 Å². The third-order valence-electron chi connectivity index (χ3n) is 3.09. The van der Waals surface area contributed by atoms with Gasteiger partial charge in [0.15, 0.2) is 0 Å². The minimum atomic E-state index is 0.0134. The lowest BCUT2D eigenvalue weighted by Crippen LogP contribution is -2.08. The molecule has 6 heteroatoms. The maximum absolute atomic E-state index is 11.4. The first-order valence-corrected chi connectivity index (χ1v) is 6.89. The van der Waals surface area contributed by atoms with Crippen LogP contribution >= 0.6 is 11.3 Å². The zero-order valence-electron chi connectivity index (χ0n) is 10.4. The number of thiazole rings is 1. The Morgan fingerprint density at radius 1 is 1.53 bits per heavy atom. The van der Waals surface area contributed by atoms with E-state index < -0.39 is 0 Å². The van der Waals surface area contributed by atoms with E-state index in [-0.39, 0.29) is 11.9 Å². The van der Waals surface area contributed by atoms with Crippen molar-refractivity contribution in [2.75, 3.05) is 16.4 Å². The first kappa shape index (κ1) is 12.0. The lowest BCUT2D eigenvalue weighted by atomic mass is 10.1. The number of nitrogen functional groups attached to an aromatic ring is 1. The topological polar surface area (TPSA) is 80.0 Å². The third-order valence-corrected chi connectivity index (χ3v) is 4.05. The highest BCUT2D eigenvalue weighted by Gasteiger charge is 2.20. The molecule has 0 radical (unpaired) electrons. The molecule has 0 saturated carbocycles. The molecule has 1 aromatic heterocycles. The molecule has 3 rings (SSSR count). The Kier molecular flexibility index (Phi) is 2.87. The second-order valence-electron chi connectivity index (χ2n) is 4.56. The van der Waals surface area contributed by atoms with Crippen molar-refractivity contribution >= 4 is 34.3 Å². The minimum Gasteiger partial charge on any atom is -0.397 e. The highest BCUT2D eigenvalue weighted by Crippen LogP contribution is 2.33. The Labute approximate surface area is 114 Å². The molecule has 1 aromatic carbocycles. The first-order chi connectivity index (χ1) is 9.13. The number of carbonyl (C=O) groups excluding carboxylic acids is 1. The Balaban J connectivity index is 1.86. The standard InChI is InChI=1S/C13H14N4OS/c1-7(13-15-2-3-19-13)16-11-6-10-8(4-9(11)14)5-12(18)17-10/h2-4,6-7,16H,5,14H2,1H3,(H,17,18). The molecule has 1 unspecified atom stereocenters. The van der Waals surface area contributed by atoms with E-state index in [4.69, 9.17) is 5.73 Å². The van der Waals surface area contributed by atoms with Crippen LogP contribution in [0.2, 0.25) is 0 Å². The summed E-state index contributed by atoms with van der Waals surface area (Å²) >= 11 is 1.60. The summed E-state index contributed by atoms with van der Waals surface area (Å²) in [7, 11) is 0. The number of anilines is 3. The van der Waals surface area contributed by atoms with E-state index >= 15 is 0 Å². The highest BCUT2D eigenvalue weighted by atomic mass is 32.1. The smallest absolute Gasteiger partial charge is 0.228 e. The van der Waals surface area contributed by atoms with Crippen LogP contribution in [0, 0.1) is 0 Å². The van der Waals surface area contributed by atoms with Crippen LogP contribution in [0.1, 0.15) is 23.5 Å². The summed E-state index contributed by atoms with van der Waals surface area (Å²) in [5, 5.41) is 9.10. The molecule has 2 heterocycles. The molecule has 98 valence electrons. The monoisotopic (exact) mass is 274 g/mol. The van der Waals surface area contributed by atoms with Crippen LogP contribution in [0.15, 0.2) is 23.7 Å². The summed E-state index contributed by atoms with van der Waals surface area (Å²) in [6.45, 7) is 2.03. The number of amides is 1. The number of rotatable bonds is 3. The Hall–Kier alpha value is -2.08. The average molecular weight is 274 g/mol. The van der Waals surface area contributed by atoms with Gasteiger partial charge in [0.25, 0.3) is 0 Å². The van der Waals surface area contributed by atoms with E-state index in [1.807, 2.05) is 24.4 Å². The predicted molar refractivity (Wildman–Crippen MR) is 77.3 cm³/mol. The highest BCUT2D eigenvalue weighted by molar-refractivity contribution is 7.09. The molecule has 1 aliphatic heterocycles. The normalized spacial score (nSPS) is 14.9. The molecule has 0 saturated heterocycles. The van der Waals surface area contributed by atoms with Gasteiger partial charge in [0.05, 0.1) is 23.8 Å². The zero-order valence-corrected chi connectivity index (χ0v) is 11.3. The third kappa shape index (κ3) is 2.26. The van der Waals surface area contributed by atoms with Gasteiger partial charge in [0, 0.05) is 17.3 Å². The number of hydrogen-bond acceptors (Lipinski definition) is 5. The zero-order chi connectivity index (χ0) is 13.4. The van der Waals surface area contributed by atoms with Crippen LogP contribution < -0.4 is 16.4 Å². The van der Waals surface area contributed by atoms with Gasteiger partial charge in [-0.05, 0) is 24.6 Å². The number of nitrogens with zero attached hydrogens (tertiary/aromatic N) is 1. The number of carbonyl (C=O) groups is 1. The quantitative estimate of drug-likeness (QED) is 0.751. The Morgan fingerprint density at radius 2 is 2.37 bits per heavy atom. The summed E-state index contributed by atoms with van der Waals surface area (Å²) in [6, 6.07) is 3.82. The van der Waals surface area contributed by atoms with E-state index in [0.717, 1.165) is 21.9 Å². The lowest BCUT2D eigenvalue weighted by molar-refractivity contribution is -0.115. The van der Waals surface area contributed by atoms with Gasteiger partial charge in [-0.1, -0.05) is 0 Å². The van der Waals surface area contributed by atoms with Crippen LogP contribution in [-0.4, -0.2) is 10.9 Å². The van der Waals surface area contributed by atoms with Crippen molar-refractivity contribution in [2.45, 2.75) is 19.4 Å². The molecule has 0 bridgehead atoms. The molecular weight excluding hydrogens is 260 g/mol. The molecule has 5 nitrogen and oxygen atoms in total. The van der Waals surface area contributed by atoms with Gasteiger partial charge >= 0.3 is 0 Å². The van der Waals surface area contributed by atoms with Crippen molar-refractivity contribution in [1.29, 1.82) is 0 Å². The van der Waals surface area contributed by atoms with Crippen molar-refractivity contribution in [3.05, 3.63) is 34.3 Å². The maximum Gasteiger partial charge on any atom is 0.228 e. The number of nitrogens with one attached hydrogen (secondary N) is 2. The number of aromatic nitrogens is 1. The fraction of sp³-hybridized carbons (Fsp3) is 0.231. The first-order valence-electron chi connectivity index (χ1n) is 6.01. The molecule has 1 atom stereocenters. The van der Waals surface area contributed by atoms with Crippen LogP contribution in [0.5, 0.6) is 0 Å². The van der Waals surface area contributed by atoms with Crippen LogP contribution in [0.4, 0.5) is 17.1 Å². The number of hydrogen-bond donors (Lipinski definition) is 3. The second-order valence-corrected chi connectivity index (χ2v) is 5.48. The van der Waals surface area contributed by atoms with E-state index in [9.17, 15) is 4.79 Å². The van der Waals surface area contributed by atoms with Gasteiger partial charge in [-0.2, -0.15) is 0 Å². The number of nitrogens with two attached hydrogens (primary N) is 1. The second kappa shape index (κ2) is 4.55. The van der Waals surface area contributed by atoms with E-state index in [0.29, 0.717) is 12.1 Å². The molecular formula is C13H14N4OS. The van der Waals surface area contributed by atoms with Crippen molar-refractivity contribution in [2.24, 2.45) is 0 Å². The SMILES string of the molecule is CC(Nc1cc2c(cc1N)CC(=O)N2)c1nccs1. The fourth-order valence-electron chi connectivity index (χ4n) is 2.16. The van der Waals surface area contributed by atoms with Crippen molar-refractivity contribution in [3.63, 3.8) is 0 Å². The summed E-state index contributed by atoms with van der Waals surface area (Å²) in [5.41, 5.74) is 9.29. The fourth-order valence-corrected chi connectivity index (χ4v) is 2.81. The van der Waals surface area contributed by atoms with Gasteiger partial charge in [-0.3, -0.25) is 4.79 Å². The van der Waals surface area contributed by atoms with Crippen LogP contribution in [-0.2, 0) is 11.2 Å². The Bertz CT molecular complexity index is 624. The Morgan fingerprint density at radius 3 is 3.11 bits per heavy atom. The summed E-state index contributed by atoms with van der Waals surface area (Å²) < 4.78 is 0. The predicted octanol–water partition coefficient (Wildman–Crippen LogP) is 2.39. The summed E-state index contributed by atoms with van der Waals surface area (Å²) in [4.78, 5) is 15.6. The van der Waals surface area contributed by atoms with E-state index in [1.165, 1.54) is 0 Å². The molecule has 1 aliphatic rings.